The lowest BCUT2D eigenvalue weighted by atomic mass is 9.77. The van der Waals surface area contributed by atoms with E-state index in [1.165, 1.54) is 44.1 Å². The number of rotatable bonds is 4. The third kappa shape index (κ3) is 3.45. The molecule has 4 heteroatoms. The number of aromatic nitrogens is 2. The number of hydrogen-bond acceptors (Lipinski definition) is 4. The summed E-state index contributed by atoms with van der Waals surface area (Å²) in [5.74, 6) is 3.54. The highest BCUT2D eigenvalue weighted by Crippen LogP contribution is 2.47. The van der Waals surface area contributed by atoms with E-state index in [0.717, 1.165) is 29.1 Å². The Kier molecular flexibility index (Phi) is 4.50. The van der Waals surface area contributed by atoms with Gasteiger partial charge in [-0.2, -0.15) is 4.99 Å². The van der Waals surface area contributed by atoms with Gasteiger partial charge in [-0.3, -0.25) is 0 Å². The van der Waals surface area contributed by atoms with E-state index in [0.29, 0.717) is 5.69 Å². The lowest BCUT2D eigenvalue weighted by Gasteiger charge is -2.28. The van der Waals surface area contributed by atoms with Crippen LogP contribution in [0.1, 0.15) is 50.0 Å². The van der Waals surface area contributed by atoms with Crippen molar-refractivity contribution in [1.82, 2.24) is 9.97 Å². The molecule has 0 aliphatic heterocycles. The molecule has 0 spiro atoms. The zero-order valence-electron chi connectivity index (χ0n) is 13.7. The molecule has 2 saturated carbocycles. The summed E-state index contributed by atoms with van der Waals surface area (Å²) < 4.78 is 0. The molecule has 2 aliphatic carbocycles. The van der Waals surface area contributed by atoms with Crippen LogP contribution in [0.5, 0.6) is 0 Å². The second kappa shape index (κ2) is 6.92. The van der Waals surface area contributed by atoms with Crippen molar-refractivity contribution in [3.63, 3.8) is 0 Å². The Bertz CT molecular complexity index is 735. The lowest BCUT2D eigenvalue weighted by Crippen LogP contribution is -2.14. The maximum atomic E-state index is 4.59. The van der Waals surface area contributed by atoms with Crippen LogP contribution in [0.2, 0.25) is 0 Å². The fourth-order valence-corrected chi connectivity index (χ4v) is 4.08. The number of benzene rings is 1. The maximum absolute atomic E-state index is 4.59. The highest BCUT2D eigenvalue weighted by Gasteiger charge is 2.34. The average Bonchev–Trinajstić information content (AvgIpc) is 3.48. The van der Waals surface area contributed by atoms with Gasteiger partial charge in [0.2, 0.25) is 0 Å². The van der Waals surface area contributed by atoms with Gasteiger partial charge in [-0.15, -0.1) is 0 Å². The summed E-state index contributed by atoms with van der Waals surface area (Å²) in [5.41, 5.74) is 3.15. The predicted octanol–water partition coefficient (Wildman–Crippen LogP) is 5.56. The van der Waals surface area contributed by atoms with Gasteiger partial charge in [-0.05, 0) is 74.1 Å². The molecule has 0 N–H and O–H groups in total. The standard InChI is InChI=1S/C20H21N3S/c24-13-23-19-11-21-20(22-12-19)18-9-7-17(8-10-18)16-5-3-15(4-6-16)14-1-2-14/h7-12,14-16H,1-6H2. The zero-order chi connectivity index (χ0) is 16.4. The van der Waals surface area contributed by atoms with E-state index < -0.39 is 0 Å². The van der Waals surface area contributed by atoms with Crippen molar-refractivity contribution >= 4 is 23.1 Å². The van der Waals surface area contributed by atoms with Gasteiger partial charge in [0.1, 0.15) is 5.69 Å². The van der Waals surface area contributed by atoms with E-state index in [-0.39, 0.29) is 0 Å². The van der Waals surface area contributed by atoms with Crippen molar-refractivity contribution < 1.29 is 0 Å². The van der Waals surface area contributed by atoms with Crippen LogP contribution in [0.4, 0.5) is 5.69 Å². The fraction of sp³-hybridized carbons (Fsp3) is 0.450. The first kappa shape index (κ1) is 15.6. The molecule has 122 valence electrons. The van der Waals surface area contributed by atoms with Gasteiger partial charge in [0, 0.05) is 5.56 Å². The molecule has 3 nitrogen and oxygen atoms in total. The van der Waals surface area contributed by atoms with Crippen LogP contribution in [-0.2, 0) is 0 Å². The number of nitrogens with zero attached hydrogens (tertiary/aromatic N) is 3. The number of hydrogen-bond donors (Lipinski definition) is 0. The Hall–Kier alpha value is -1.90. The van der Waals surface area contributed by atoms with Crippen molar-refractivity contribution in [3.05, 3.63) is 42.2 Å². The molecule has 0 radical (unpaired) electrons. The second-order valence-electron chi connectivity index (χ2n) is 7.04. The predicted molar refractivity (Wildman–Crippen MR) is 99.6 cm³/mol. The van der Waals surface area contributed by atoms with Crippen molar-refractivity contribution in [2.45, 2.75) is 44.4 Å². The molecule has 0 saturated heterocycles. The first-order chi connectivity index (χ1) is 11.8. The number of thiocarbonyl (C=S) groups is 1. The normalized spacial score (nSPS) is 23.5. The number of aliphatic imine (C=N–C) groups is 1. The van der Waals surface area contributed by atoms with Crippen molar-refractivity contribution in [2.24, 2.45) is 16.8 Å². The molecule has 2 aromatic rings. The van der Waals surface area contributed by atoms with E-state index in [1.54, 1.807) is 12.4 Å². The van der Waals surface area contributed by atoms with Gasteiger partial charge in [0.15, 0.2) is 5.82 Å². The fourth-order valence-electron chi connectivity index (χ4n) is 3.98. The summed E-state index contributed by atoms with van der Waals surface area (Å²) in [6.45, 7) is 0. The molecule has 0 unspecified atom stereocenters. The Labute approximate surface area is 148 Å². The highest BCUT2D eigenvalue weighted by molar-refractivity contribution is 7.78. The summed E-state index contributed by atoms with van der Waals surface area (Å²) in [7, 11) is 0. The Morgan fingerprint density at radius 2 is 1.46 bits per heavy atom. The molecule has 2 fully saturated rings. The maximum Gasteiger partial charge on any atom is 0.159 e. The molecular weight excluding hydrogens is 314 g/mol. The second-order valence-corrected chi connectivity index (χ2v) is 7.22. The van der Waals surface area contributed by atoms with Gasteiger partial charge in [-0.1, -0.05) is 24.3 Å². The summed E-state index contributed by atoms with van der Waals surface area (Å²) >= 11 is 4.59. The van der Waals surface area contributed by atoms with E-state index in [1.807, 2.05) is 0 Å². The van der Waals surface area contributed by atoms with Gasteiger partial charge in [0.25, 0.3) is 0 Å². The molecule has 2 aliphatic rings. The first-order valence-electron chi connectivity index (χ1n) is 8.84. The SMILES string of the molecule is S=C=Nc1cnc(-c2ccc(C3CCC(C4CC4)CC3)cc2)nc1. The molecule has 24 heavy (non-hydrogen) atoms. The molecule has 1 aromatic carbocycles. The van der Waals surface area contributed by atoms with Crippen LogP contribution < -0.4 is 0 Å². The Morgan fingerprint density at radius 1 is 0.875 bits per heavy atom. The molecule has 0 bridgehead atoms. The molecule has 0 amide bonds. The van der Waals surface area contributed by atoms with Gasteiger partial charge >= 0.3 is 0 Å². The van der Waals surface area contributed by atoms with Crippen LogP contribution in [-0.4, -0.2) is 15.1 Å². The topological polar surface area (TPSA) is 38.1 Å². The van der Waals surface area contributed by atoms with E-state index in [2.05, 4.69) is 56.6 Å². The van der Waals surface area contributed by atoms with E-state index in [4.69, 9.17) is 0 Å². The molecule has 1 heterocycles. The van der Waals surface area contributed by atoms with E-state index >= 15 is 0 Å². The van der Waals surface area contributed by atoms with Gasteiger partial charge in [-0.25, -0.2) is 9.97 Å². The monoisotopic (exact) mass is 335 g/mol. The quantitative estimate of drug-likeness (QED) is 0.542. The summed E-state index contributed by atoms with van der Waals surface area (Å²) in [5, 5.41) is 2.33. The van der Waals surface area contributed by atoms with Gasteiger partial charge < -0.3 is 0 Å². The minimum absolute atomic E-state index is 0.637. The minimum Gasteiger partial charge on any atom is -0.234 e. The third-order valence-electron chi connectivity index (χ3n) is 5.51. The summed E-state index contributed by atoms with van der Waals surface area (Å²) in [6.07, 6.45) is 11.9. The van der Waals surface area contributed by atoms with Crippen molar-refractivity contribution in [3.8, 4) is 11.4 Å². The zero-order valence-corrected chi connectivity index (χ0v) is 14.5. The first-order valence-corrected chi connectivity index (χ1v) is 9.24. The Balaban J connectivity index is 1.43. The molecule has 1 aromatic heterocycles. The van der Waals surface area contributed by atoms with Crippen molar-refractivity contribution in [2.75, 3.05) is 0 Å². The lowest BCUT2D eigenvalue weighted by molar-refractivity contribution is 0.296. The number of isothiocyanates is 1. The van der Waals surface area contributed by atoms with Gasteiger partial charge in [0.05, 0.1) is 17.6 Å². The molecular formula is C20H21N3S. The van der Waals surface area contributed by atoms with Crippen LogP contribution in [0, 0.1) is 11.8 Å². The van der Waals surface area contributed by atoms with Crippen molar-refractivity contribution in [1.29, 1.82) is 0 Å². The molecule has 0 atom stereocenters. The largest absolute Gasteiger partial charge is 0.234 e. The average molecular weight is 335 g/mol. The summed E-state index contributed by atoms with van der Waals surface area (Å²) in [6, 6.07) is 8.79. The van der Waals surface area contributed by atoms with Crippen LogP contribution in [0.3, 0.4) is 0 Å². The van der Waals surface area contributed by atoms with E-state index in [9.17, 15) is 0 Å². The smallest absolute Gasteiger partial charge is 0.159 e. The molecule has 4 rings (SSSR count). The third-order valence-corrected chi connectivity index (χ3v) is 5.61. The van der Waals surface area contributed by atoms with Crippen LogP contribution in [0.25, 0.3) is 11.4 Å². The van der Waals surface area contributed by atoms with Crippen LogP contribution >= 0.6 is 12.2 Å². The van der Waals surface area contributed by atoms with Crippen LogP contribution in [0.15, 0.2) is 41.7 Å². The Morgan fingerprint density at radius 3 is 2.00 bits per heavy atom. The highest BCUT2D eigenvalue weighted by atomic mass is 32.1. The summed E-state index contributed by atoms with van der Waals surface area (Å²) in [4.78, 5) is 12.6. The minimum atomic E-state index is 0.637.